The van der Waals surface area contributed by atoms with Crippen LogP contribution in [0.5, 0.6) is 5.75 Å². The first kappa shape index (κ1) is 20.4. The first-order chi connectivity index (χ1) is 13.0. The molecule has 144 valence electrons. The third-order valence-electron chi connectivity index (χ3n) is 4.11. The van der Waals surface area contributed by atoms with Gasteiger partial charge in [0.15, 0.2) is 6.61 Å². The van der Waals surface area contributed by atoms with E-state index in [1.807, 2.05) is 44.2 Å². The average Bonchev–Trinajstić information content (AvgIpc) is 2.68. The van der Waals surface area contributed by atoms with Crippen LogP contribution < -0.4 is 10.1 Å². The number of carbonyl (C=O) groups is 2. The molecule has 2 aromatic carbocycles. The van der Waals surface area contributed by atoms with Gasteiger partial charge in [0.1, 0.15) is 17.6 Å². The van der Waals surface area contributed by atoms with Gasteiger partial charge >= 0.3 is 0 Å². The number of rotatable bonds is 9. The van der Waals surface area contributed by atoms with Gasteiger partial charge in [-0.05, 0) is 43.2 Å². The standard InChI is InChI=1S/C21H25FN2O3/c1-3-19(21(26)23-4-2)24(14-16-8-6-5-7-9-16)20(25)15-27-18-12-10-17(22)11-13-18/h5-13,19H,3-4,14-15H2,1-2H3,(H,23,26)/t19-/m0/s1. The highest BCUT2D eigenvalue weighted by Crippen LogP contribution is 2.15. The van der Waals surface area contributed by atoms with Crippen molar-refractivity contribution in [3.05, 3.63) is 66.0 Å². The molecule has 1 N–H and O–H groups in total. The molecule has 0 aliphatic heterocycles. The maximum Gasteiger partial charge on any atom is 0.261 e. The Bertz CT molecular complexity index is 735. The Labute approximate surface area is 159 Å². The molecule has 0 saturated carbocycles. The molecular weight excluding hydrogens is 347 g/mol. The first-order valence-corrected chi connectivity index (χ1v) is 9.04. The highest BCUT2D eigenvalue weighted by molar-refractivity contribution is 5.88. The lowest BCUT2D eigenvalue weighted by Gasteiger charge is -2.30. The number of carbonyl (C=O) groups excluding carboxylic acids is 2. The molecule has 2 amide bonds. The number of likely N-dealkylation sites (N-methyl/N-ethyl adjacent to an activating group) is 1. The van der Waals surface area contributed by atoms with Crippen LogP contribution in [0.3, 0.4) is 0 Å². The third kappa shape index (κ3) is 6.09. The Morgan fingerprint density at radius 3 is 2.33 bits per heavy atom. The highest BCUT2D eigenvalue weighted by atomic mass is 19.1. The summed E-state index contributed by atoms with van der Waals surface area (Å²) >= 11 is 0. The Morgan fingerprint density at radius 2 is 1.74 bits per heavy atom. The van der Waals surface area contributed by atoms with Crippen molar-refractivity contribution >= 4 is 11.8 Å². The van der Waals surface area contributed by atoms with E-state index in [4.69, 9.17) is 4.74 Å². The van der Waals surface area contributed by atoms with Gasteiger partial charge in [0.05, 0.1) is 0 Å². The van der Waals surface area contributed by atoms with Crippen LogP contribution in [0.25, 0.3) is 0 Å². The van der Waals surface area contributed by atoms with E-state index in [2.05, 4.69) is 5.32 Å². The lowest BCUT2D eigenvalue weighted by molar-refractivity contribution is -0.142. The SMILES string of the molecule is CCNC(=O)[C@H](CC)N(Cc1ccccc1)C(=O)COc1ccc(F)cc1. The van der Waals surface area contributed by atoms with E-state index in [9.17, 15) is 14.0 Å². The third-order valence-corrected chi connectivity index (χ3v) is 4.11. The molecule has 1 atom stereocenters. The zero-order valence-corrected chi connectivity index (χ0v) is 15.7. The summed E-state index contributed by atoms with van der Waals surface area (Å²) in [6.45, 7) is 4.28. The average molecular weight is 372 g/mol. The molecule has 0 bridgehead atoms. The summed E-state index contributed by atoms with van der Waals surface area (Å²) in [6, 6.07) is 14.4. The van der Waals surface area contributed by atoms with Crippen molar-refractivity contribution < 1.29 is 18.7 Å². The smallest absolute Gasteiger partial charge is 0.261 e. The van der Waals surface area contributed by atoms with Gasteiger partial charge in [0.2, 0.25) is 5.91 Å². The fourth-order valence-electron chi connectivity index (χ4n) is 2.75. The summed E-state index contributed by atoms with van der Waals surface area (Å²) in [5, 5.41) is 2.78. The lowest BCUT2D eigenvalue weighted by Crippen LogP contribution is -2.50. The second-order valence-corrected chi connectivity index (χ2v) is 6.07. The predicted octanol–water partition coefficient (Wildman–Crippen LogP) is 3.15. The van der Waals surface area contributed by atoms with E-state index in [-0.39, 0.29) is 24.2 Å². The van der Waals surface area contributed by atoms with Crippen LogP contribution in [-0.2, 0) is 16.1 Å². The number of benzene rings is 2. The summed E-state index contributed by atoms with van der Waals surface area (Å²) in [4.78, 5) is 26.8. The molecule has 27 heavy (non-hydrogen) atoms. The highest BCUT2D eigenvalue weighted by Gasteiger charge is 2.28. The Kier molecular flexibility index (Phi) is 7.79. The van der Waals surface area contributed by atoms with Crippen molar-refractivity contribution in [2.75, 3.05) is 13.2 Å². The van der Waals surface area contributed by atoms with Gasteiger partial charge in [-0.25, -0.2) is 4.39 Å². The van der Waals surface area contributed by atoms with Crippen LogP contribution in [0.4, 0.5) is 4.39 Å². The summed E-state index contributed by atoms with van der Waals surface area (Å²) in [6.07, 6.45) is 0.487. The lowest BCUT2D eigenvalue weighted by atomic mass is 10.1. The van der Waals surface area contributed by atoms with Crippen molar-refractivity contribution in [3.8, 4) is 5.75 Å². The van der Waals surface area contributed by atoms with E-state index in [0.717, 1.165) is 5.56 Å². The molecule has 0 aliphatic carbocycles. The molecule has 5 nitrogen and oxygen atoms in total. The fraction of sp³-hybridized carbons (Fsp3) is 0.333. The van der Waals surface area contributed by atoms with E-state index in [1.54, 1.807) is 0 Å². The van der Waals surface area contributed by atoms with E-state index >= 15 is 0 Å². The van der Waals surface area contributed by atoms with Crippen LogP contribution in [0.2, 0.25) is 0 Å². The number of ether oxygens (including phenoxy) is 1. The number of nitrogens with zero attached hydrogens (tertiary/aromatic N) is 1. The topological polar surface area (TPSA) is 58.6 Å². The maximum absolute atomic E-state index is 13.0. The Balaban J connectivity index is 2.14. The number of halogens is 1. The minimum Gasteiger partial charge on any atom is -0.484 e. The number of amides is 2. The molecule has 0 radical (unpaired) electrons. The number of nitrogens with one attached hydrogen (secondary N) is 1. The van der Waals surface area contributed by atoms with Crippen molar-refractivity contribution in [1.29, 1.82) is 0 Å². The van der Waals surface area contributed by atoms with Crippen molar-refractivity contribution in [2.45, 2.75) is 32.9 Å². The normalized spacial score (nSPS) is 11.5. The molecule has 2 rings (SSSR count). The summed E-state index contributed by atoms with van der Waals surface area (Å²) < 4.78 is 18.5. The summed E-state index contributed by atoms with van der Waals surface area (Å²) in [5.74, 6) is -0.468. The number of hydrogen-bond acceptors (Lipinski definition) is 3. The molecule has 0 aliphatic rings. The first-order valence-electron chi connectivity index (χ1n) is 9.04. The van der Waals surface area contributed by atoms with Crippen LogP contribution in [0.15, 0.2) is 54.6 Å². The summed E-state index contributed by atoms with van der Waals surface area (Å²) in [5.41, 5.74) is 0.926. The number of hydrogen-bond donors (Lipinski definition) is 1. The zero-order chi connectivity index (χ0) is 19.6. The molecular formula is C21H25FN2O3. The minimum absolute atomic E-state index is 0.189. The Hall–Kier alpha value is -2.89. The Morgan fingerprint density at radius 1 is 1.07 bits per heavy atom. The van der Waals surface area contributed by atoms with Gasteiger partial charge < -0.3 is 15.0 Å². The molecule has 2 aromatic rings. The maximum atomic E-state index is 13.0. The monoisotopic (exact) mass is 372 g/mol. The molecule has 6 heteroatoms. The summed E-state index contributed by atoms with van der Waals surface area (Å²) in [7, 11) is 0. The van der Waals surface area contributed by atoms with Crippen molar-refractivity contribution in [3.63, 3.8) is 0 Å². The van der Waals surface area contributed by atoms with Crippen LogP contribution in [-0.4, -0.2) is 35.9 Å². The van der Waals surface area contributed by atoms with Crippen LogP contribution >= 0.6 is 0 Å². The predicted molar refractivity (Wildman–Crippen MR) is 102 cm³/mol. The van der Waals surface area contributed by atoms with E-state index in [1.165, 1.54) is 29.2 Å². The second-order valence-electron chi connectivity index (χ2n) is 6.07. The quantitative estimate of drug-likeness (QED) is 0.736. The van der Waals surface area contributed by atoms with Gasteiger partial charge in [-0.2, -0.15) is 0 Å². The molecule has 0 spiro atoms. The fourth-order valence-corrected chi connectivity index (χ4v) is 2.75. The van der Waals surface area contributed by atoms with Gasteiger partial charge in [0.25, 0.3) is 5.91 Å². The molecule has 0 saturated heterocycles. The van der Waals surface area contributed by atoms with Crippen molar-refractivity contribution in [1.82, 2.24) is 10.2 Å². The van der Waals surface area contributed by atoms with E-state index in [0.29, 0.717) is 25.3 Å². The molecule has 0 unspecified atom stereocenters. The second kappa shape index (κ2) is 10.3. The zero-order valence-electron chi connectivity index (χ0n) is 15.7. The molecule has 0 fully saturated rings. The van der Waals surface area contributed by atoms with E-state index < -0.39 is 6.04 Å². The minimum atomic E-state index is -0.588. The van der Waals surface area contributed by atoms with Crippen molar-refractivity contribution in [2.24, 2.45) is 0 Å². The molecule has 0 heterocycles. The van der Waals surface area contributed by atoms with Gasteiger partial charge in [-0.15, -0.1) is 0 Å². The van der Waals surface area contributed by atoms with Crippen LogP contribution in [0.1, 0.15) is 25.8 Å². The van der Waals surface area contributed by atoms with Gasteiger partial charge in [-0.3, -0.25) is 9.59 Å². The van der Waals surface area contributed by atoms with Crippen LogP contribution in [0, 0.1) is 5.82 Å². The largest absolute Gasteiger partial charge is 0.484 e. The van der Waals surface area contributed by atoms with Gasteiger partial charge in [-0.1, -0.05) is 37.3 Å². The molecule has 0 aromatic heterocycles. The van der Waals surface area contributed by atoms with Gasteiger partial charge in [0, 0.05) is 13.1 Å².